The fourth-order valence-electron chi connectivity index (χ4n) is 2.84. The molecule has 2 aromatic rings. The Morgan fingerprint density at radius 1 is 1.26 bits per heavy atom. The molecule has 1 fully saturated rings. The number of ether oxygens (including phenoxy) is 2. The molecular formula is C18H25N3O2. The van der Waals surface area contributed by atoms with Crippen LogP contribution in [-0.2, 0) is 22.5 Å². The molecule has 1 aliphatic rings. The normalized spacial score (nSPS) is 18.5. The lowest BCUT2D eigenvalue weighted by Crippen LogP contribution is -2.22. The Balaban J connectivity index is 1.65. The quantitative estimate of drug-likeness (QED) is 0.818. The van der Waals surface area contributed by atoms with Gasteiger partial charge in [0.25, 0.3) is 0 Å². The molecule has 3 rings (SSSR count). The van der Waals surface area contributed by atoms with Crippen LogP contribution in [0.5, 0.6) is 0 Å². The Kier molecular flexibility index (Phi) is 5.41. The first-order valence-electron chi connectivity index (χ1n) is 8.44. The molecule has 0 bridgehead atoms. The molecule has 0 aliphatic carbocycles. The van der Waals surface area contributed by atoms with Gasteiger partial charge in [0.15, 0.2) is 6.29 Å². The van der Waals surface area contributed by atoms with E-state index in [1.807, 2.05) is 4.68 Å². The zero-order valence-corrected chi connectivity index (χ0v) is 13.9. The summed E-state index contributed by atoms with van der Waals surface area (Å²) in [5, 5.41) is 8.21. The van der Waals surface area contributed by atoms with Crippen molar-refractivity contribution in [3.63, 3.8) is 0 Å². The summed E-state index contributed by atoms with van der Waals surface area (Å²) in [7, 11) is 0. The van der Waals surface area contributed by atoms with E-state index in [1.54, 1.807) is 6.20 Å². The molecule has 1 aliphatic heterocycles. The van der Waals surface area contributed by atoms with Crippen LogP contribution >= 0.6 is 0 Å². The van der Waals surface area contributed by atoms with E-state index in [9.17, 15) is 0 Å². The smallest absolute Gasteiger partial charge is 0.158 e. The number of nitrogens with zero attached hydrogens (tertiary/aromatic N) is 3. The van der Waals surface area contributed by atoms with Crippen LogP contribution in [0.4, 0.5) is 0 Å². The standard InChI is InChI=1S/C18H25N3O2/c1-14(2)11-15-6-8-16(9-7-15)21-17(12-19-20-21)13-23-18-5-3-4-10-22-18/h6-9,12,14,18H,3-5,10-11,13H2,1-2H3. The average molecular weight is 315 g/mol. The molecule has 1 atom stereocenters. The van der Waals surface area contributed by atoms with Crippen molar-refractivity contribution >= 4 is 0 Å². The van der Waals surface area contributed by atoms with Crippen molar-refractivity contribution in [2.24, 2.45) is 5.92 Å². The summed E-state index contributed by atoms with van der Waals surface area (Å²) in [5.41, 5.74) is 3.30. The van der Waals surface area contributed by atoms with Crippen LogP contribution in [0, 0.1) is 5.92 Å². The first-order chi connectivity index (χ1) is 11.2. The summed E-state index contributed by atoms with van der Waals surface area (Å²) < 4.78 is 13.3. The van der Waals surface area contributed by atoms with Crippen LogP contribution < -0.4 is 0 Å². The van der Waals surface area contributed by atoms with Crippen LogP contribution in [0.15, 0.2) is 30.5 Å². The zero-order valence-electron chi connectivity index (χ0n) is 13.9. The minimum Gasteiger partial charge on any atom is -0.353 e. The van der Waals surface area contributed by atoms with E-state index in [-0.39, 0.29) is 6.29 Å². The molecule has 0 spiro atoms. The third kappa shape index (κ3) is 4.39. The lowest BCUT2D eigenvalue weighted by Gasteiger charge is -2.22. The van der Waals surface area contributed by atoms with E-state index < -0.39 is 0 Å². The van der Waals surface area contributed by atoms with Crippen molar-refractivity contribution in [3.8, 4) is 5.69 Å². The molecule has 0 amide bonds. The van der Waals surface area contributed by atoms with Crippen molar-refractivity contribution in [1.29, 1.82) is 0 Å². The van der Waals surface area contributed by atoms with Gasteiger partial charge in [0.05, 0.1) is 24.2 Å². The van der Waals surface area contributed by atoms with Crippen LogP contribution in [0.3, 0.4) is 0 Å². The van der Waals surface area contributed by atoms with Gasteiger partial charge in [-0.1, -0.05) is 31.2 Å². The molecule has 0 N–H and O–H groups in total. The highest BCUT2D eigenvalue weighted by Crippen LogP contribution is 2.17. The first-order valence-corrected chi connectivity index (χ1v) is 8.44. The van der Waals surface area contributed by atoms with Crippen LogP contribution in [-0.4, -0.2) is 27.9 Å². The highest BCUT2D eigenvalue weighted by molar-refractivity contribution is 5.35. The summed E-state index contributed by atoms with van der Waals surface area (Å²) in [6.45, 7) is 5.72. The molecular weight excluding hydrogens is 290 g/mol. The highest BCUT2D eigenvalue weighted by atomic mass is 16.7. The lowest BCUT2D eigenvalue weighted by atomic mass is 10.0. The summed E-state index contributed by atoms with van der Waals surface area (Å²) >= 11 is 0. The van der Waals surface area contributed by atoms with E-state index in [0.717, 1.165) is 37.3 Å². The fraction of sp³-hybridized carbons (Fsp3) is 0.556. The molecule has 5 heteroatoms. The maximum Gasteiger partial charge on any atom is 0.158 e. The second-order valence-electron chi connectivity index (χ2n) is 6.51. The van der Waals surface area contributed by atoms with Gasteiger partial charge in [-0.2, -0.15) is 0 Å². The summed E-state index contributed by atoms with van der Waals surface area (Å²) in [6.07, 6.45) is 6.00. The van der Waals surface area contributed by atoms with E-state index in [2.05, 4.69) is 48.4 Å². The van der Waals surface area contributed by atoms with Gasteiger partial charge >= 0.3 is 0 Å². The number of rotatable bonds is 6. The van der Waals surface area contributed by atoms with Gasteiger partial charge in [-0.05, 0) is 49.3 Å². The molecule has 5 nitrogen and oxygen atoms in total. The summed E-state index contributed by atoms with van der Waals surface area (Å²) in [4.78, 5) is 0. The van der Waals surface area contributed by atoms with Gasteiger partial charge < -0.3 is 9.47 Å². The molecule has 0 saturated carbocycles. The predicted molar refractivity (Wildman–Crippen MR) is 88.3 cm³/mol. The van der Waals surface area contributed by atoms with Gasteiger partial charge in [-0.15, -0.1) is 5.10 Å². The molecule has 1 aromatic heterocycles. The fourth-order valence-corrected chi connectivity index (χ4v) is 2.84. The SMILES string of the molecule is CC(C)Cc1ccc(-n2nncc2COC2CCCCO2)cc1. The van der Waals surface area contributed by atoms with Crippen molar-refractivity contribution in [3.05, 3.63) is 41.7 Å². The number of hydrogen-bond donors (Lipinski definition) is 0. The Labute approximate surface area is 137 Å². The van der Waals surface area contributed by atoms with Gasteiger partial charge in [0.2, 0.25) is 0 Å². The summed E-state index contributed by atoms with van der Waals surface area (Å²) in [5.74, 6) is 0.659. The van der Waals surface area contributed by atoms with Crippen LogP contribution in [0.1, 0.15) is 44.4 Å². The molecule has 1 aromatic carbocycles. The zero-order chi connectivity index (χ0) is 16.1. The van der Waals surface area contributed by atoms with Crippen molar-refractivity contribution < 1.29 is 9.47 Å². The van der Waals surface area contributed by atoms with Gasteiger partial charge in [0, 0.05) is 6.61 Å². The predicted octanol–water partition coefficient (Wildman–Crippen LogP) is 3.51. The third-order valence-corrected chi connectivity index (χ3v) is 4.00. The van der Waals surface area contributed by atoms with E-state index in [0.29, 0.717) is 12.5 Å². The van der Waals surface area contributed by atoms with Gasteiger partial charge in [-0.3, -0.25) is 0 Å². The summed E-state index contributed by atoms with van der Waals surface area (Å²) in [6, 6.07) is 8.50. The minimum absolute atomic E-state index is 0.0967. The van der Waals surface area contributed by atoms with E-state index in [4.69, 9.17) is 9.47 Å². The van der Waals surface area contributed by atoms with Gasteiger partial charge in [-0.25, -0.2) is 4.68 Å². The second-order valence-corrected chi connectivity index (χ2v) is 6.51. The number of hydrogen-bond acceptors (Lipinski definition) is 4. The van der Waals surface area contributed by atoms with Crippen molar-refractivity contribution in [1.82, 2.24) is 15.0 Å². The molecule has 2 heterocycles. The average Bonchev–Trinajstić information content (AvgIpc) is 3.03. The second kappa shape index (κ2) is 7.70. The molecule has 1 unspecified atom stereocenters. The lowest BCUT2D eigenvalue weighted by molar-refractivity contribution is -0.169. The Morgan fingerprint density at radius 2 is 2.09 bits per heavy atom. The molecule has 0 radical (unpaired) electrons. The maximum atomic E-state index is 5.84. The third-order valence-electron chi connectivity index (χ3n) is 4.00. The molecule has 124 valence electrons. The van der Waals surface area contributed by atoms with Crippen molar-refractivity contribution in [2.45, 2.75) is 52.4 Å². The molecule has 23 heavy (non-hydrogen) atoms. The Morgan fingerprint density at radius 3 is 2.78 bits per heavy atom. The topological polar surface area (TPSA) is 49.2 Å². The Bertz CT molecular complexity index is 601. The van der Waals surface area contributed by atoms with E-state index >= 15 is 0 Å². The van der Waals surface area contributed by atoms with Crippen LogP contribution in [0.25, 0.3) is 5.69 Å². The monoisotopic (exact) mass is 315 g/mol. The largest absolute Gasteiger partial charge is 0.353 e. The first kappa shape index (κ1) is 16.1. The number of benzene rings is 1. The molecule has 1 saturated heterocycles. The Hall–Kier alpha value is -1.72. The van der Waals surface area contributed by atoms with Crippen LogP contribution in [0.2, 0.25) is 0 Å². The van der Waals surface area contributed by atoms with E-state index in [1.165, 1.54) is 12.0 Å². The maximum absolute atomic E-state index is 5.84. The van der Waals surface area contributed by atoms with Gasteiger partial charge in [0.1, 0.15) is 0 Å². The highest BCUT2D eigenvalue weighted by Gasteiger charge is 2.15. The number of aromatic nitrogens is 3. The minimum atomic E-state index is -0.0967. The van der Waals surface area contributed by atoms with Crippen molar-refractivity contribution in [2.75, 3.05) is 6.61 Å².